The van der Waals surface area contributed by atoms with Crippen LogP contribution < -0.4 is 21.3 Å². The first-order chi connectivity index (χ1) is 20.0. The molecule has 4 aromatic rings. The number of fused-ring (bicyclic) bond motifs is 1. The Morgan fingerprint density at radius 2 is 2.02 bits per heavy atom. The minimum atomic E-state index is -4.59. The average molecular weight is 603 g/mol. The van der Waals surface area contributed by atoms with Crippen LogP contribution in [0.2, 0.25) is 5.02 Å². The van der Waals surface area contributed by atoms with Crippen LogP contribution in [0, 0.1) is 0 Å². The van der Waals surface area contributed by atoms with E-state index < -0.39 is 23.2 Å². The summed E-state index contributed by atoms with van der Waals surface area (Å²) in [6.07, 6.45) is -1.92. The zero-order valence-electron chi connectivity index (χ0n) is 22.6. The van der Waals surface area contributed by atoms with Gasteiger partial charge in [-0.3, -0.25) is 9.59 Å². The summed E-state index contributed by atoms with van der Waals surface area (Å²) in [5.41, 5.74) is 7.08. The first-order valence-corrected chi connectivity index (χ1v) is 13.3. The van der Waals surface area contributed by atoms with Gasteiger partial charge < -0.3 is 25.1 Å². The van der Waals surface area contributed by atoms with Crippen molar-refractivity contribution in [3.63, 3.8) is 0 Å². The van der Waals surface area contributed by atoms with Crippen LogP contribution in [-0.4, -0.2) is 45.4 Å². The normalized spacial score (nSPS) is 13.7. The van der Waals surface area contributed by atoms with Gasteiger partial charge in [0.25, 0.3) is 5.56 Å². The zero-order chi connectivity index (χ0) is 30.2. The lowest BCUT2D eigenvalue weighted by Gasteiger charge is -2.18. The maximum absolute atomic E-state index is 13.9. The van der Waals surface area contributed by atoms with Crippen LogP contribution in [-0.2, 0) is 28.7 Å². The first-order valence-electron chi connectivity index (χ1n) is 12.9. The molecule has 1 aliphatic rings. The second-order valence-electron chi connectivity index (χ2n) is 9.46. The van der Waals surface area contributed by atoms with Gasteiger partial charge in [-0.15, -0.1) is 5.10 Å². The number of nitrogens with zero attached hydrogens (tertiary/aromatic N) is 4. The predicted molar refractivity (Wildman–Crippen MR) is 152 cm³/mol. The van der Waals surface area contributed by atoms with Gasteiger partial charge in [0.15, 0.2) is 5.82 Å². The molecule has 1 amide bonds. The van der Waals surface area contributed by atoms with Gasteiger partial charge in [0.1, 0.15) is 12.3 Å². The lowest BCUT2D eigenvalue weighted by atomic mass is 10.0. The Labute approximate surface area is 242 Å². The number of carbonyl (C=O) groups is 1. The summed E-state index contributed by atoms with van der Waals surface area (Å²) in [6.45, 7) is 2.30. The van der Waals surface area contributed by atoms with E-state index in [0.29, 0.717) is 48.9 Å². The quantitative estimate of drug-likeness (QED) is 0.290. The molecule has 3 N–H and O–H groups in total. The fourth-order valence-corrected chi connectivity index (χ4v) is 5.02. The number of nitrogens with two attached hydrogens (primary N) is 1. The highest BCUT2D eigenvalue weighted by Gasteiger charge is 2.31. The van der Waals surface area contributed by atoms with Gasteiger partial charge in [0, 0.05) is 23.0 Å². The smallest absolute Gasteiger partial charge is 0.416 e. The summed E-state index contributed by atoms with van der Waals surface area (Å²) in [5, 5.41) is 6.77. The third-order valence-corrected chi connectivity index (χ3v) is 7.15. The monoisotopic (exact) mass is 602 g/mol. The third-order valence-electron chi connectivity index (χ3n) is 6.84. The largest absolute Gasteiger partial charge is 0.497 e. The average Bonchev–Trinajstić information content (AvgIpc) is 3.42. The van der Waals surface area contributed by atoms with E-state index in [2.05, 4.69) is 15.4 Å². The van der Waals surface area contributed by atoms with Crippen molar-refractivity contribution >= 4 is 40.2 Å². The number of amides is 1. The van der Waals surface area contributed by atoms with E-state index in [9.17, 15) is 22.8 Å². The second kappa shape index (κ2) is 11.5. The summed E-state index contributed by atoms with van der Waals surface area (Å²) >= 11 is 6.06. The molecule has 5 rings (SSSR count). The van der Waals surface area contributed by atoms with Crippen molar-refractivity contribution in [3.8, 4) is 16.9 Å². The van der Waals surface area contributed by atoms with E-state index in [1.54, 1.807) is 22.8 Å². The Balaban J connectivity index is 1.64. The molecule has 10 nitrogen and oxygen atoms in total. The second-order valence-corrected chi connectivity index (χ2v) is 9.87. The van der Waals surface area contributed by atoms with Crippen LogP contribution >= 0.6 is 11.6 Å². The summed E-state index contributed by atoms with van der Waals surface area (Å²) in [7, 11) is 1.49. The van der Waals surface area contributed by atoms with Crippen molar-refractivity contribution in [2.24, 2.45) is 0 Å². The van der Waals surface area contributed by atoms with Crippen molar-refractivity contribution in [2.75, 3.05) is 31.4 Å². The molecule has 0 bridgehead atoms. The fourth-order valence-electron chi connectivity index (χ4n) is 4.79. The van der Waals surface area contributed by atoms with Gasteiger partial charge >= 0.3 is 6.18 Å². The topological polar surface area (TPSA) is 126 Å². The van der Waals surface area contributed by atoms with Crippen LogP contribution in [0.1, 0.15) is 30.4 Å². The molecule has 0 radical (unpaired) electrons. The lowest BCUT2D eigenvalue weighted by Crippen LogP contribution is -2.29. The molecule has 0 aliphatic carbocycles. The number of nitrogens with one attached hydrogen (secondary N) is 1. The van der Waals surface area contributed by atoms with E-state index in [4.69, 9.17) is 26.8 Å². The Kier molecular flexibility index (Phi) is 7.97. The van der Waals surface area contributed by atoms with Crippen LogP contribution in [0.5, 0.6) is 5.75 Å². The van der Waals surface area contributed by atoms with Crippen LogP contribution in [0.25, 0.3) is 22.5 Å². The van der Waals surface area contributed by atoms with Crippen molar-refractivity contribution in [3.05, 3.63) is 74.9 Å². The number of methoxy groups -OCH3 is 1. The lowest BCUT2D eigenvalue weighted by molar-refractivity contribution is -0.137. The van der Waals surface area contributed by atoms with E-state index in [0.717, 1.165) is 28.3 Å². The highest BCUT2D eigenvalue weighted by molar-refractivity contribution is 6.33. The number of rotatable bonds is 7. The van der Waals surface area contributed by atoms with E-state index in [-0.39, 0.29) is 34.3 Å². The maximum Gasteiger partial charge on any atom is 0.416 e. The molecule has 0 fully saturated rings. The molecule has 1 aliphatic heterocycles. The van der Waals surface area contributed by atoms with Crippen LogP contribution in [0.4, 0.5) is 24.5 Å². The van der Waals surface area contributed by atoms with Gasteiger partial charge in [-0.1, -0.05) is 24.6 Å². The molecule has 2 aromatic heterocycles. The van der Waals surface area contributed by atoms with E-state index >= 15 is 0 Å². The number of hydrogen-bond donors (Lipinski definition) is 2. The summed E-state index contributed by atoms with van der Waals surface area (Å²) in [6, 6.07) is 7.55. The molecule has 0 saturated carbocycles. The number of alkyl halides is 3. The predicted octanol–water partition coefficient (Wildman–Crippen LogP) is 4.83. The molecule has 0 unspecified atom stereocenters. The standard InChI is InChI=1S/C28H26ClF3N6O4/c1-3-22-24(18-6-5-17(41-2)13-20(18)33)26(40)38-27(35-25(36-38)15-8-10-42-11-9-15)37(22)14-23(39)34-21-7-4-16(12-19(21)29)28(30,31)32/h4-8,12-13H,3,9-11,14,33H2,1-2H3,(H,34,39). The number of halogens is 4. The van der Waals surface area contributed by atoms with E-state index in [1.807, 2.05) is 13.0 Å². The number of ether oxygens (including phenoxy) is 2. The molecule has 2 aromatic carbocycles. The number of carbonyl (C=O) groups excluding carboxylic acids is 1. The highest BCUT2D eigenvalue weighted by atomic mass is 35.5. The van der Waals surface area contributed by atoms with Gasteiger partial charge in [-0.2, -0.15) is 22.7 Å². The number of benzene rings is 2. The molecular formula is C28H26ClF3N6O4. The Morgan fingerprint density at radius 3 is 2.64 bits per heavy atom. The van der Waals surface area contributed by atoms with Crippen molar-refractivity contribution in [2.45, 2.75) is 32.5 Å². The van der Waals surface area contributed by atoms with Gasteiger partial charge in [-0.25, -0.2) is 0 Å². The van der Waals surface area contributed by atoms with Crippen molar-refractivity contribution < 1.29 is 27.4 Å². The zero-order valence-corrected chi connectivity index (χ0v) is 23.3. The Bertz CT molecular complexity index is 1780. The van der Waals surface area contributed by atoms with Gasteiger partial charge in [0.2, 0.25) is 11.7 Å². The van der Waals surface area contributed by atoms with E-state index in [1.165, 1.54) is 7.11 Å². The molecule has 42 heavy (non-hydrogen) atoms. The Morgan fingerprint density at radius 1 is 1.24 bits per heavy atom. The summed E-state index contributed by atoms with van der Waals surface area (Å²) in [5.74, 6) is 0.319. The number of anilines is 2. The molecule has 220 valence electrons. The van der Waals surface area contributed by atoms with Gasteiger partial charge in [0.05, 0.1) is 42.2 Å². The number of hydrogen-bond acceptors (Lipinski definition) is 7. The molecule has 0 spiro atoms. The van der Waals surface area contributed by atoms with Crippen LogP contribution in [0.3, 0.4) is 0 Å². The fraction of sp³-hybridized carbons (Fsp3) is 0.286. The summed E-state index contributed by atoms with van der Waals surface area (Å²) < 4.78 is 52.5. The SMILES string of the molecule is CCc1c(-c2ccc(OC)cc2N)c(=O)n2nc(C3=CCOCC3)nc2n1CC(=O)Nc1ccc(C(F)(F)F)cc1Cl. The molecule has 0 saturated heterocycles. The van der Waals surface area contributed by atoms with Crippen molar-refractivity contribution in [1.29, 1.82) is 0 Å². The number of aromatic nitrogens is 4. The maximum atomic E-state index is 13.9. The highest BCUT2D eigenvalue weighted by Crippen LogP contribution is 2.34. The minimum Gasteiger partial charge on any atom is -0.497 e. The molecule has 14 heteroatoms. The Hall–Kier alpha value is -4.36. The van der Waals surface area contributed by atoms with Gasteiger partial charge in [-0.05, 0) is 48.7 Å². The molecule has 0 atom stereocenters. The summed E-state index contributed by atoms with van der Waals surface area (Å²) in [4.78, 5) is 31.8. The first kappa shape index (κ1) is 29.1. The van der Waals surface area contributed by atoms with Crippen molar-refractivity contribution in [1.82, 2.24) is 19.2 Å². The number of nitrogen functional groups attached to an aromatic ring is 1. The third kappa shape index (κ3) is 5.57. The molecular weight excluding hydrogens is 577 g/mol. The van der Waals surface area contributed by atoms with Crippen LogP contribution in [0.15, 0.2) is 47.3 Å². The molecule has 3 heterocycles. The minimum absolute atomic E-state index is 0.00100.